The molecule has 0 aliphatic heterocycles. The third kappa shape index (κ3) is 11.5. The number of nitrogens with zero attached hydrogens (tertiary/aromatic N) is 2. The summed E-state index contributed by atoms with van der Waals surface area (Å²) in [4.78, 5) is 0. The largest absolute Gasteiger partial charge is 0.396 e. The number of quaternary nitrogens is 2. The molecule has 3 N–H and O–H groups in total. The zero-order valence-corrected chi connectivity index (χ0v) is 16.6. The van der Waals surface area contributed by atoms with Gasteiger partial charge in [-0.25, -0.2) is 0 Å². The number of likely N-dealkylation sites (N-methyl/N-ethyl adjacent to an activating group) is 1. The lowest BCUT2D eigenvalue weighted by atomic mass is 10.2. The number of rotatable bonds is 15. The fourth-order valence-electron chi connectivity index (χ4n) is 2.42. The minimum absolute atomic E-state index is 0.0186. The van der Waals surface area contributed by atoms with E-state index in [1.54, 1.807) is 0 Å². The van der Waals surface area contributed by atoms with Crippen molar-refractivity contribution in [3.63, 3.8) is 0 Å². The van der Waals surface area contributed by atoms with E-state index in [0.717, 1.165) is 6.54 Å². The van der Waals surface area contributed by atoms with Crippen LogP contribution in [-0.2, 0) is 13.6 Å². The molecular formula is C15H37N2O6P+2. The van der Waals surface area contributed by atoms with Gasteiger partial charge in [0, 0.05) is 19.7 Å². The van der Waals surface area contributed by atoms with Gasteiger partial charge in [-0.2, -0.15) is 0 Å². The van der Waals surface area contributed by atoms with Gasteiger partial charge in [0.1, 0.15) is 39.4 Å². The lowest BCUT2D eigenvalue weighted by Crippen LogP contribution is -2.54. The summed E-state index contributed by atoms with van der Waals surface area (Å²) in [7, 11) is 2.97. The van der Waals surface area contributed by atoms with E-state index in [4.69, 9.17) is 14.2 Å². The van der Waals surface area contributed by atoms with Crippen LogP contribution in [0, 0.1) is 0 Å². The van der Waals surface area contributed by atoms with Gasteiger partial charge in [-0.3, -0.25) is 4.57 Å². The number of aliphatic hydroxyl groups excluding tert-OH is 3. The molecule has 8 nitrogen and oxygen atoms in total. The molecule has 146 valence electrons. The van der Waals surface area contributed by atoms with Crippen molar-refractivity contribution in [2.24, 2.45) is 0 Å². The second kappa shape index (κ2) is 11.5. The molecule has 0 heterocycles. The molecule has 0 aliphatic carbocycles. The van der Waals surface area contributed by atoms with Crippen LogP contribution in [0.1, 0.15) is 6.42 Å². The van der Waals surface area contributed by atoms with Gasteiger partial charge in [-0.05, 0) is 0 Å². The van der Waals surface area contributed by atoms with Crippen molar-refractivity contribution in [3.8, 4) is 0 Å². The molecule has 1 atom stereocenters. The number of hydrogen-bond acceptors (Lipinski definition) is 6. The minimum Gasteiger partial charge on any atom is -0.396 e. The van der Waals surface area contributed by atoms with Gasteiger partial charge in [-0.1, -0.05) is 0 Å². The molecule has 0 radical (unpaired) electrons. The smallest absolute Gasteiger partial charge is 0.328 e. The molecule has 9 heteroatoms. The quantitative estimate of drug-likeness (QED) is 0.271. The summed E-state index contributed by atoms with van der Waals surface area (Å²) in [6.07, 6.45) is 0.573. The fourth-order valence-corrected chi connectivity index (χ4v) is 3.32. The number of hydrogen-bond donors (Lipinski definition) is 3. The van der Waals surface area contributed by atoms with Crippen molar-refractivity contribution in [1.29, 1.82) is 0 Å². The molecule has 0 aromatic carbocycles. The molecule has 0 aliphatic rings. The molecule has 0 bridgehead atoms. The lowest BCUT2D eigenvalue weighted by molar-refractivity contribution is -0.929. The van der Waals surface area contributed by atoms with Crippen LogP contribution < -0.4 is 0 Å². The minimum atomic E-state index is -3.12. The first-order valence-electron chi connectivity index (χ1n) is 8.44. The predicted octanol–water partition coefficient (Wildman–Crippen LogP) is -0.267. The van der Waals surface area contributed by atoms with Gasteiger partial charge in [0.2, 0.25) is 0 Å². The molecule has 0 rings (SSSR count). The van der Waals surface area contributed by atoms with E-state index in [2.05, 4.69) is 0 Å². The normalized spacial score (nSPS) is 15.5. The summed E-state index contributed by atoms with van der Waals surface area (Å²) in [6.45, 7) is 4.81. The lowest BCUT2D eigenvalue weighted by Gasteiger charge is -2.38. The molecule has 0 aromatic rings. The molecule has 1 unspecified atom stereocenters. The van der Waals surface area contributed by atoms with Gasteiger partial charge in [0.15, 0.2) is 0 Å². The van der Waals surface area contributed by atoms with Crippen LogP contribution in [0.5, 0.6) is 0 Å². The Morgan fingerprint density at radius 2 is 1.29 bits per heavy atom. The van der Waals surface area contributed by atoms with E-state index in [9.17, 15) is 14.8 Å². The maximum Gasteiger partial charge on any atom is 0.328 e. The molecular weight excluding hydrogens is 335 g/mol. The predicted molar refractivity (Wildman–Crippen MR) is 93.9 cm³/mol. The number of aliphatic hydroxyl groups is 3. The second-order valence-corrected chi connectivity index (χ2v) is 9.27. The Hall–Kier alpha value is -0.0500. The summed E-state index contributed by atoms with van der Waals surface area (Å²) < 4.78 is 24.3. The van der Waals surface area contributed by atoms with Crippen LogP contribution in [0.3, 0.4) is 0 Å². The van der Waals surface area contributed by atoms with Crippen LogP contribution in [-0.4, -0.2) is 118 Å². The van der Waals surface area contributed by atoms with Crippen molar-refractivity contribution in [2.75, 3.05) is 93.6 Å². The summed E-state index contributed by atoms with van der Waals surface area (Å²) in [5.74, 6) is 0. The van der Waals surface area contributed by atoms with E-state index in [0.29, 0.717) is 48.2 Å². The topological polar surface area (TPSA) is 96.2 Å². The van der Waals surface area contributed by atoms with E-state index >= 15 is 0 Å². The average molecular weight is 372 g/mol. The zero-order chi connectivity index (χ0) is 18.7. The summed E-state index contributed by atoms with van der Waals surface area (Å²) in [5, 5.41) is 27.6. The molecule has 0 saturated heterocycles. The maximum absolute atomic E-state index is 12.3. The highest BCUT2D eigenvalue weighted by Gasteiger charge is 2.28. The maximum atomic E-state index is 12.3. The molecule has 0 fully saturated rings. The molecule has 0 aromatic heterocycles. The van der Waals surface area contributed by atoms with Crippen molar-refractivity contribution in [2.45, 2.75) is 6.42 Å². The third-order valence-electron chi connectivity index (χ3n) is 3.92. The Morgan fingerprint density at radius 1 is 0.792 bits per heavy atom. The highest BCUT2D eigenvalue weighted by molar-refractivity contribution is 7.52. The van der Waals surface area contributed by atoms with Crippen molar-refractivity contribution < 1.29 is 37.9 Å². The van der Waals surface area contributed by atoms with Gasteiger partial charge >= 0.3 is 7.60 Å². The monoisotopic (exact) mass is 372 g/mol. The first-order valence-corrected chi connectivity index (χ1v) is 10.4. The summed E-state index contributed by atoms with van der Waals surface area (Å²) in [6, 6.07) is 0. The van der Waals surface area contributed by atoms with E-state index < -0.39 is 7.60 Å². The van der Waals surface area contributed by atoms with E-state index in [1.165, 1.54) is 6.66 Å². The van der Waals surface area contributed by atoms with Crippen molar-refractivity contribution in [3.05, 3.63) is 0 Å². The fraction of sp³-hybridized carbons (Fsp3) is 1.00. The highest BCUT2D eigenvalue weighted by Crippen LogP contribution is 2.43. The van der Waals surface area contributed by atoms with E-state index in [1.807, 2.05) is 21.1 Å². The Morgan fingerprint density at radius 3 is 1.71 bits per heavy atom. The van der Waals surface area contributed by atoms with Crippen molar-refractivity contribution in [1.82, 2.24) is 0 Å². The SMILES string of the molecule is C[N+](C)(C)CCOP(C)(=O)OCC[N+](CCO)(CCO)CCCO. The van der Waals surface area contributed by atoms with Crippen LogP contribution in [0.15, 0.2) is 0 Å². The summed E-state index contributed by atoms with van der Waals surface area (Å²) >= 11 is 0. The molecule has 24 heavy (non-hydrogen) atoms. The van der Waals surface area contributed by atoms with Gasteiger partial charge in [0.05, 0.1) is 40.9 Å². The Bertz CT molecular complexity index is 369. The second-order valence-electron chi connectivity index (χ2n) is 7.21. The standard InChI is InChI=1S/C15H37N2O6P/c1-16(2,3)9-14-22-24(4,21)23-15-10-17(7-12-19,8-13-20)6-5-11-18/h18-20H,5-15H2,1-4H3/q+2. The van der Waals surface area contributed by atoms with Gasteiger partial charge in [0.25, 0.3) is 0 Å². The Labute approximate surface area is 146 Å². The van der Waals surface area contributed by atoms with Crippen LogP contribution in [0.2, 0.25) is 0 Å². The first-order chi connectivity index (χ1) is 11.1. The molecule has 0 spiro atoms. The summed E-state index contributed by atoms with van der Waals surface area (Å²) in [5.41, 5.74) is 0. The first kappa shape index (κ1) is 23.9. The average Bonchev–Trinajstić information content (AvgIpc) is 2.43. The third-order valence-corrected chi connectivity index (χ3v) is 5.22. The van der Waals surface area contributed by atoms with Gasteiger partial charge in [-0.15, -0.1) is 0 Å². The van der Waals surface area contributed by atoms with Crippen LogP contribution >= 0.6 is 7.60 Å². The zero-order valence-electron chi connectivity index (χ0n) is 15.7. The van der Waals surface area contributed by atoms with Crippen LogP contribution in [0.25, 0.3) is 0 Å². The van der Waals surface area contributed by atoms with Gasteiger partial charge < -0.3 is 33.3 Å². The Kier molecular flexibility index (Phi) is 11.5. The highest BCUT2D eigenvalue weighted by atomic mass is 31.2. The molecule has 0 amide bonds. The molecule has 0 saturated carbocycles. The van der Waals surface area contributed by atoms with Crippen LogP contribution in [0.4, 0.5) is 0 Å². The van der Waals surface area contributed by atoms with E-state index in [-0.39, 0.29) is 26.4 Å². The van der Waals surface area contributed by atoms with Crippen molar-refractivity contribution >= 4 is 7.60 Å². The Balaban J connectivity index is 4.48.